The van der Waals surface area contributed by atoms with Crippen molar-refractivity contribution in [1.82, 2.24) is 5.32 Å². The maximum atomic E-state index is 10.1. The minimum absolute atomic E-state index is 0.0535. The van der Waals surface area contributed by atoms with Crippen molar-refractivity contribution in [3.8, 4) is 0 Å². The Labute approximate surface area is 78.0 Å². The summed E-state index contributed by atoms with van der Waals surface area (Å²) >= 11 is 0. The van der Waals surface area contributed by atoms with E-state index in [1.807, 2.05) is 13.8 Å². The number of aliphatic carboxylic acids is 1. The van der Waals surface area contributed by atoms with E-state index in [4.69, 9.17) is 10.8 Å². The van der Waals surface area contributed by atoms with E-state index < -0.39 is 5.97 Å². The Hall–Kier alpha value is -1.26. The van der Waals surface area contributed by atoms with Gasteiger partial charge in [-0.2, -0.15) is 0 Å². The second kappa shape index (κ2) is 6.28. The normalized spacial score (nSPS) is 11.8. The fraction of sp³-hybridized carbons (Fsp3) is 0.750. The third-order valence-corrected chi connectivity index (χ3v) is 1.27. The predicted molar refractivity (Wildman–Crippen MR) is 51.6 cm³/mol. The molecule has 0 unspecified atom stereocenters. The Morgan fingerprint density at radius 1 is 1.62 bits per heavy atom. The first-order valence-electron chi connectivity index (χ1n) is 4.28. The van der Waals surface area contributed by atoms with E-state index in [9.17, 15) is 4.79 Å². The molecule has 0 aliphatic carbocycles. The first kappa shape index (κ1) is 11.7. The molecule has 13 heavy (non-hydrogen) atoms. The smallest absolute Gasteiger partial charge is 0.305 e. The van der Waals surface area contributed by atoms with Crippen LogP contribution in [0.2, 0.25) is 0 Å². The van der Waals surface area contributed by atoms with Gasteiger partial charge in [-0.1, -0.05) is 13.8 Å². The minimum atomic E-state index is -0.843. The fourth-order valence-electron chi connectivity index (χ4n) is 0.634. The number of hydrogen-bond acceptors (Lipinski definition) is 2. The maximum absolute atomic E-state index is 10.1. The molecule has 0 aliphatic rings. The topological polar surface area (TPSA) is 87.7 Å². The van der Waals surface area contributed by atoms with Gasteiger partial charge in [0.05, 0.1) is 6.42 Å². The number of rotatable bonds is 5. The van der Waals surface area contributed by atoms with Crippen LogP contribution in [-0.4, -0.2) is 30.1 Å². The van der Waals surface area contributed by atoms with Crippen LogP contribution in [0.15, 0.2) is 4.99 Å². The lowest BCUT2D eigenvalue weighted by Gasteiger charge is -2.04. The summed E-state index contributed by atoms with van der Waals surface area (Å²) in [4.78, 5) is 14.1. The van der Waals surface area contributed by atoms with Gasteiger partial charge in [-0.05, 0) is 5.92 Å². The third kappa shape index (κ3) is 8.65. The first-order valence-corrected chi connectivity index (χ1v) is 4.28. The van der Waals surface area contributed by atoms with Gasteiger partial charge in [0.15, 0.2) is 5.96 Å². The number of nitrogens with one attached hydrogen (secondary N) is 1. The molecule has 0 radical (unpaired) electrons. The molecular weight excluding hydrogens is 170 g/mol. The van der Waals surface area contributed by atoms with Crippen LogP contribution < -0.4 is 11.1 Å². The van der Waals surface area contributed by atoms with Gasteiger partial charge in [0, 0.05) is 13.1 Å². The highest BCUT2D eigenvalue weighted by Gasteiger charge is 1.97. The lowest BCUT2D eigenvalue weighted by atomic mass is 10.2. The Kier molecular flexibility index (Phi) is 5.67. The molecule has 0 atom stereocenters. The van der Waals surface area contributed by atoms with E-state index in [1.165, 1.54) is 0 Å². The zero-order valence-electron chi connectivity index (χ0n) is 8.08. The monoisotopic (exact) mass is 187 g/mol. The number of aliphatic imine (C=N–C) groups is 1. The van der Waals surface area contributed by atoms with Gasteiger partial charge in [-0.3, -0.25) is 9.79 Å². The number of carboxylic acid groups (broad SMARTS) is 1. The van der Waals surface area contributed by atoms with Crippen LogP contribution >= 0.6 is 0 Å². The number of carboxylic acids is 1. The van der Waals surface area contributed by atoms with Crippen molar-refractivity contribution < 1.29 is 9.90 Å². The first-order chi connectivity index (χ1) is 6.02. The molecule has 5 nitrogen and oxygen atoms in total. The molecule has 0 aromatic carbocycles. The number of carbonyl (C=O) groups is 1. The lowest BCUT2D eigenvalue weighted by molar-refractivity contribution is -0.136. The molecule has 0 bridgehead atoms. The van der Waals surface area contributed by atoms with Crippen LogP contribution in [0.5, 0.6) is 0 Å². The Morgan fingerprint density at radius 2 is 2.23 bits per heavy atom. The van der Waals surface area contributed by atoms with Gasteiger partial charge in [0.1, 0.15) is 0 Å². The zero-order valence-corrected chi connectivity index (χ0v) is 8.08. The third-order valence-electron chi connectivity index (χ3n) is 1.27. The SMILES string of the molecule is CC(C)CN=C(N)NCCC(=O)O. The Balaban J connectivity index is 3.55. The molecule has 0 saturated heterocycles. The molecule has 76 valence electrons. The highest BCUT2D eigenvalue weighted by atomic mass is 16.4. The molecule has 0 aliphatic heterocycles. The van der Waals surface area contributed by atoms with Crippen LogP contribution in [-0.2, 0) is 4.79 Å². The largest absolute Gasteiger partial charge is 0.481 e. The summed E-state index contributed by atoms with van der Waals surface area (Å²) in [7, 11) is 0. The minimum Gasteiger partial charge on any atom is -0.481 e. The molecule has 0 spiro atoms. The average Bonchev–Trinajstić information content (AvgIpc) is 2.00. The van der Waals surface area contributed by atoms with Crippen molar-refractivity contribution in [2.45, 2.75) is 20.3 Å². The van der Waals surface area contributed by atoms with E-state index in [0.29, 0.717) is 25.0 Å². The molecule has 0 rings (SSSR count). The summed E-state index contributed by atoms with van der Waals surface area (Å²) in [6, 6.07) is 0. The summed E-state index contributed by atoms with van der Waals surface area (Å²) in [5.41, 5.74) is 5.45. The standard InChI is InChI=1S/C8H17N3O2/c1-6(2)5-11-8(9)10-4-3-7(12)13/h6H,3-5H2,1-2H3,(H,12,13)(H3,9,10,11). The molecule has 0 fully saturated rings. The van der Waals surface area contributed by atoms with Gasteiger partial charge in [-0.25, -0.2) is 0 Å². The Morgan fingerprint density at radius 3 is 2.69 bits per heavy atom. The highest BCUT2D eigenvalue weighted by molar-refractivity contribution is 5.78. The van der Waals surface area contributed by atoms with Crippen molar-refractivity contribution in [2.24, 2.45) is 16.6 Å². The summed E-state index contributed by atoms with van der Waals surface area (Å²) in [5, 5.41) is 11.0. The van der Waals surface area contributed by atoms with E-state index in [0.717, 1.165) is 0 Å². The number of guanidine groups is 1. The summed E-state index contributed by atoms with van der Waals surface area (Å²) in [5.74, 6) is -0.0704. The molecule has 0 amide bonds. The summed E-state index contributed by atoms with van der Waals surface area (Å²) in [6.45, 7) is 5.05. The van der Waals surface area contributed by atoms with E-state index in [2.05, 4.69) is 10.3 Å². The van der Waals surface area contributed by atoms with Crippen LogP contribution in [0.3, 0.4) is 0 Å². The molecular formula is C8H17N3O2. The zero-order chi connectivity index (χ0) is 10.3. The molecule has 0 saturated carbocycles. The number of nitrogens with two attached hydrogens (primary N) is 1. The van der Waals surface area contributed by atoms with Crippen LogP contribution in [0.1, 0.15) is 20.3 Å². The van der Waals surface area contributed by atoms with Crippen LogP contribution in [0.4, 0.5) is 0 Å². The predicted octanol–water partition coefficient (Wildman–Crippen LogP) is 0.0214. The van der Waals surface area contributed by atoms with Crippen LogP contribution in [0, 0.1) is 5.92 Å². The van der Waals surface area contributed by atoms with E-state index >= 15 is 0 Å². The van der Waals surface area contributed by atoms with Gasteiger partial charge >= 0.3 is 5.97 Å². The number of hydrogen-bond donors (Lipinski definition) is 3. The fourth-order valence-corrected chi connectivity index (χ4v) is 0.634. The molecule has 5 heteroatoms. The maximum Gasteiger partial charge on any atom is 0.305 e. The quantitative estimate of drug-likeness (QED) is 0.418. The van der Waals surface area contributed by atoms with Crippen molar-refractivity contribution >= 4 is 11.9 Å². The van der Waals surface area contributed by atoms with Crippen LogP contribution in [0.25, 0.3) is 0 Å². The van der Waals surface area contributed by atoms with Crippen molar-refractivity contribution in [3.05, 3.63) is 0 Å². The Bertz CT molecular complexity index is 190. The molecule has 0 heterocycles. The van der Waals surface area contributed by atoms with E-state index in [-0.39, 0.29) is 6.42 Å². The molecule has 4 N–H and O–H groups in total. The summed E-state index contributed by atoms with van der Waals surface area (Å²) in [6.07, 6.45) is 0.0535. The van der Waals surface area contributed by atoms with Gasteiger partial charge in [0.2, 0.25) is 0 Å². The average molecular weight is 187 g/mol. The van der Waals surface area contributed by atoms with Crippen molar-refractivity contribution in [2.75, 3.05) is 13.1 Å². The van der Waals surface area contributed by atoms with Crippen molar-refractivity contribution in [1.29, 1.82) is 0 Å². The molecule has 0 aromatic heterocycles. The van der Waals surface area contributed by atoms with Gasteiger partial charge in [-0.15, -0.1) is 0 Å². The summed E-state index contributed by atoms with van der Waals surface area (Å²) < 4.78 is 0. The highest BCUT2D eigenvalue weighted by Crippen LogP contribution is 1.90. The second-order valence-corrected chi connectivity index (χ2v) is 3.19. The van der Waals surface area contributed by atoms with Gasteiger partial charge < -0.3 is 16.2 Å². The second-order valence-electron chi connectivity index (χ2n) is 3.19. The van der Waals surface area contributed by atoms with E-state index in [1.54, 1.807) is 0 Å². The number of nitrogens with zero attached hydrogens (tertiary/aromatic N) is 1. The molecule has 0 aromatic rings. The van der Waals surface area contributed by atoms with Gasteiger partial charge in [0.25, 0.3) is 0 Å². The lowest BCUT2D eigenvalue weighted by Crippen LogP contribution is -2.33. The van der Waals surface area contributed by atoms with Crippen molar-refractivity contribution in [3.63, 3.8) is 0 Å².